The fourth-order valence-electron chi connectivity index (χ4n) is 3.79. The van der Waals surface area contributed by atoms with Gasteiger partial charge >= 0.3 is 5.69 Å². The maximum absolute atomic E-state index is 12.7. The van der Waals surface area contributed by atoms with Gasteiger partial charge in [0, 0.05) is 42.8 Å². The van der Waals surface area contributed by atoms with E-state index in [1.54, 1.807) is 17.0 Å². The predicted molar refractivity (Wildman–Crippen MR) is 114 cm³/mol. The number of aryl methyl sites for hydroxylation is 2. The normalized spacial score (nSPS) is 16.0. The molecule has 1 amide bonds. The van der Waals surface area contributed by atoms with E-state index in [0.717, 1.165) is 23.4 Å². The topological polar surface area (TPSA) is 81.8 Å². The molecule has 0 fully saturated rings. The van der Waals surface area contributed by atoms with E-state index in [4.69, 9.17) is 11.6 Å². The lowest BCUT2D eigenvalue weighted by Gasteiger charge is -2.16. The first-order valence-electron chi connectivity index (χ1n) is 10.2. The third-order valence-electron chi connectivity index (χ3n) is 5.37. The summed E-state index contributed by atoms with van der Waals surface area (Å²) in [7, 11) is 0. The second-order valence-corrected chi connectivity index (χ2v) is 8.03. The molecule has 156 valence electrons. The average molecular weight is 426 g/mol. The third kappa shape index (κ3) is 4.97. The Morgan fingerprint density at radius 1 is 1.20 bits per heavy atom. The van der Waals surface area contributed by atoms with Crippen LogP contribution in [0.5, 0.6) is 0 Å². The maximum atomic E-state index is 12.7. The van der Waals surface area contributed by atoms with Crippen molar-refractivity contribution in [3.63, 3.8) is 0 Å². The maximum Gasteiger partial charge on any atom is 0.346 e. The molecule has 2 aromatic heterocycles. The molecular formula is C22H24ClN5O2. The number of aromatic nitrogens is 4. The Morgan fingerprint density at radius 3 is 2.87 bits per heavy atom. The third-order valence-corrected chi connectivity index (χ3v) is 5.60. The minimum absolute atomic E-state index is 0.0218. The van der Waals surface area contributed by atoms with Crippen LogP contribution < -0.4 is 11.0 Å². The molecule has 30 heavy (non-hydrogen) atoms. The first-order valence-corrected chi connectivity index (χ1v) is 10.6. The smallest absolute Gasteiger partial charge is 0.346 e. The van der Waals surface area contributed by atoms with Crippen LogP contribution in [0.15, 0.2) is 53.6 Å². The highest BCUT2D eigenvalue weighted by atomic mass is 35.5. The van der Waals surface area contributed by atoms with Gasteiger partial charge in [-0.2, -0.15) is 5.10 Å². The summed E-state index contributed by atoms with van der Waals surface area (Å²) in [5.74, 6) is 0.799. The van der Waals surface area contributed by atoms with Gasteiger partial charge in [0.1, 0.15) is 5.82 Å². The molecule has 7 nitrogen and oxygen atoms in total. The van der Waals surface area contributed by atoms with Gasteiger partial charge in [-0.25, -0.2) is 9.48 Å². The summed E-state index contributed by atoms with van der Waals surface area (Å²) >= 11 is 6.00. The zero-order chi connectivity index (χ0) is 20.9. The molecule has 3 aromatic rings. The monoisotopic (exact) mass is 425 g/mol. The molecule has 1 aromatic carbocycles. The van der Waals surface area contributed by atoms with Crippen molar-refractivity contribution in [2.24, 2.45) is 0 Å². The Hall–Kier alpha value is -2.93. The summed E-state index contributed by atoms with van der Waals surface area (Å²) in [6.45, 7) is 0.969. The summed E-state index contributed by atoms with van der Waals surface area (Å²) in [4.78, 5) is 29.2. The number of hydrogen-bond acceptors (Lipinski definition) is 4. The SMILES string of the molecule is O=C(CCc1cccc(Cl)c1)NC1CCc2nn(Cc3cccnc3)c(=O)n2CC1. The van der Waals surface area contributed by atoms with Gasteiger partial charge in [0.15, 0.2) is 0 Å². The van der Waals surface area contributed by atoms with Crippen LogP contribution >= 0.6 is 11.6 Å². The van der Waals surface area contributed by atoms with Gasteiger partial charge in [-0.3, -0.25) is 14.3 Å². The molecule has 0 saturated carbocycles. The van der Waals surface area contributed by atoms with Crippen molar-refractivity contribution in [1.82, 2.24) is 24.6 Å². The highest BCUT2D eigenvalue weighted by Gasteiger charge is 2.22. The summed E-state index contributed by atoms with van der Waals surface area (Å²) in [6, 6.07) is 11.4. The van der Waals surface area contributed by atoms with Crippen LogP contribution in [0.4, 0.5) is 0 Å². The van der Waals surface area contributed by atoms with Crippen LogP contribution in [0.3, 0.4) is 0 Å². The summed E-state index contributed by atoms with van der Waals surface area (Å²) < 4.78 is 3.23. The summed E-state index contributed by atoms with van der Waals surface area (Å²) in [6.07, 6.45) is 6.66. The number of halogens is 1. The quantitative estimate of drug-likeness (QED) is 0.658. The van der Waals surface area contributed by atoms with Gasteiger partial charge in [-0.15, -0.1) is 0 Å². The highest BCUT2D eigenvalue weighted by Crippen LogP contribution is 2.14. The van der Waals surface area contributed by atoms with Crippen LogP contribution in [0, 0.1) is 0 Å². The molecule has 1 atom stereocenters. The Morgan fingerprint density at radius 2 is 2.07 bits per heavy atom. The van der Waals surface area contributed by atoms with E-state index in [-0.39, 0.29) is 17.6 Å². The van der Waals surface area contributed by atoms with Crippen molar-refractivity contribution >= 4 is 17.5 Å². The zero-order valence-electron chi connectivity index (χ0n) is 16.6. The molecule has 0 bridgehead atoms. The molecule has 8 heteroatoms. The van der Waals surface area contributed by atoms with Crippen molar-refractivity contribution in [2.45, 2.75) is 51.2 Å². The lowest BCUT2D eigenvalue weighted by atomic mass is 10.1. The van der Waals surface area contributed by atoms with Crippen molar-refractivity contribution < 1.29 is 4.79 Å². The number of amides is 1. The van der Waals surface area contributed by atoms with Gasteiger partial charge in [-0.1, -0.05) is 29.8 Å². The Kier molecular flexibility index (Phi) is 6.28. The zero-order valence-corrected chi connectivity index (χ0v) is 17.4. The number of benzene rings is 1. The van der Waals surface area contributed by atoms with E-state index in [9.17, 15) is 9.59 Å². The Labute approximate surface area is 179 Å². The van der Waals surface area contributed by atoms with Crippen LogP contribution in [0.1, 0.15) is 36.2 Å². The van der Waals surface area contributed by atoms with Crippen molar-refractivity contribution in [3.8, 4) is 0 Å². The standard InChI is InChI=1S/C22H24ClN5O2/c23-18-5-1-3-16(13-18)6-9-21(29)25-19-7-8-20-26-28(22(30)27(20)12-10-19)15-17-4-2-11-24-14-17/h1-5,11,13-14,19H,6-10,12,15H2,(H,25,29). The van der Waals surface area contributed by atoms with Gasteiger partial charge in [0.25, 0.3) is 0 Å². The highest BCUT2D eigenvalue weighted by molar-refractivity contribution is 6.30. The number of carbonyl (C=O) groups is 1. The molecule has 1 N–H and O–H groups in total. The second-order valence-electron chi connectivity index (χ2n) is 7.59. The van der Waals surface area contributed by atoms with Crippen LogP contribution in [-0.4, -0.2) is 31.3 Å². The first-order chi connectivity index (χ1) is 14.6. The fraction of sp³-hybridized carbons (Fsp3) is 0.364. The average Bonchev–Trinajstić information content (AvgIpc) is 2.90. The number of nitrogens with one attached hydrogen (secondary N) is 1. The molecule has 0 saturated heterocycles. The summed E-state index contributed by atoms with van der Waals surface area (Å²) in [5.41, 5.74) is 1.88. The second kappa shape index (κ2) is 9.26. The van der Waals surface area contributed by atoms with Crippen molar-refractivity contribution in [2.75, 3.05) is 0 Å². The molecule has 0 radical (unpaired) electrons. The van der Waals surface area contributed by atoms with E-state index in [0.29, 0.717) is 43.8 Å². The molecule has 3 heterocycles. The van der Waals surface area contributed by atoms with Crippen molar-refractivity contribution in [1.29, 1.82) is 0 Å². The minimum atomic E-state index is -0.109. The number of rotatable bonds is 6. The molecule has 1 aliphatic heterocycles. The van der Waals surface area contributed by atoms with E-state index in [1.165, 1.54) is 4.68 Å². The Bertz CT molecular complexity index is 1080. The fourth-order valence-corrected chi connectivity index (χ4v) is 4.00. The van der Waals surface area contributed by atoms with Gasteiger partial charge in [0.2, 0.25) is 5.91 Å². The first kappa shape index (κ1) is 20.3. The number of fused-ring (bicyclic) bond motifs is 1. The summed E-state index contributed by atoms with van der Waals surface area (Å²) in [5, 5.41) is 8.31. The van der Waals surface area contributed by atoms with Gasteiger partial charge < -0.3 is 5.32 Å². The van der Waals surface area contributed by atoms with E-state index >= 15 is 0 Å². The number of carbonyl (C=O) groups excluding carboxylic acids is 1. The van der Waals surface area contributed by atoms with Crippen molar-refractivity contribution in [3.05, 3.63) is 81.3 Å². The molecular weight excluding hydrogens is 402 g/mol. The molecule has 1 unspecified atom stereocenters. The van der Waals surface area contributed by atoms with Gasteiger partial charge in [-0.05, 0) is 48.6 Å². The minimum Gasteiger partial charge on any atom is -0.353 e. The number of hydrogen-bond donors (Lipinski definition) is 1. The van der Waals surface area contributed by atoms with Crippen LogP contribution in [0.2, 0.25) is 5.02 Å². The van der Waals surface area contributed by atoms with Crippen LogP contribution in [-0.2, 0) is 30.7 Å². The van der Waals surface area contributed by atoms with E-state index < -0.39 is 0 Å². The lowest BCUT2D eigenvalue weighted by Crippen LogP contribution is -2.36. The van der Waals surface area contributed by atoms with Crippen LogP contribution in [0.25, 0.3) is 0 Å². The predicted octanol–water partition coefficient (Wildman–Crippen LogP) is 2.60. The molecule has 4 rings (SSSR count). The van der Waals surface area contributed by atoms with Gasteiger partial charge in [0.05, 0.1) is 6.54 Å². The van der Waals surface area contributed by atoms with E-state index in [1.807, 2.05) is 36.4 Å². The lowest BCUT2D eigenvalue weighted by molar-refractivity contribution is -0.121. The molecule has 0 aliphatic carbocycles. The molecule has 0 spiro atoms. The van der Waals surface area contributed by atoms with E-state index in [2.05, 4.69) is 15.4 Å². The Balaban J connectivity index is 1.32. The molecule has 1 aliphatic rings. The largest absolute Gasteiger partial charge is 0.353 e. The number of nitrogens with zero attached hydrogens (tertiary/aromatic N) is 4. The number of pyridine rings is 1.